The van der Waals surface area contributed by atoms with E-state index in [1.807, 2.05) is 0 Å². The molecule has 1 aromatic rings. The first-order valence-corrected chi connectivity index (χ1v) is 6.84. The minimum atomic E-state index is -0.570. The molecule has 1 fully saturated rings. The van der Waals surface area contributed by atoms with Crippen LogP contribution in [-0.4, -0.2) is 28.3 Å². The summed E-state index contributed by atoms with van der Waals surface area (Å²) in [7, 11) is 0. The van der Waals surface area contributed by atoms with Crippen LogP contribution in [0, 0.1) is 11.6 Å². The SMILES string of the molecule is O=C1/C(=C/c2cc(F)ccc2F)N=C2SCCCN12. The highest BCUT2D eigenvalue weighted by atomic mass is 32.2. The fraction of sp³-hybridized carbons (Fsp3) is 0.231. The van der Waals surface area contributed by atoms with E-state index in [0.29, 0.717) is 11.7 Å². The molecule has 3 nitrogen and oxygen atoms in total. The molecule has 0 saturated carbocycles. The van der Waals surface area contributed by atoms with Crippen LogP contribution in [0.25, 0.3) is 6.08 Å². The van der Waals surface area contributed by atoms with Gasteiger partial charge in [0.05, 0.1) is 0 Å². The third-order valence-corrected chi connectivity index (χ3v) is 3.98. The van der Waals surface area contributed by atoms with Gasteiger partial charge in [-0.3, -0.25) is 9.69 Å². The predicted molar refractivity (Wildman–Crippen MR) is 70.6 cm³/mol. The molecular formula is C13H10F2N2OS. The molecule has 0 N–H and O–H groups in total. The Morgan fingerprint density at radius 3 is 3.00 bits per heavy atom. The van der Waals surface area contributed by atoms with Gasteiger partial charge in [0.25, 0.3) is 5.91 Å². The number of hydrogen-bond donors (Lipinski definition) is 0. The van der Waals surface area contributed by atoms with E-state index < -0.39 is 11.6 Å². The number of nitrogens with zero attached hydrogens (tertiary/aromatic N) is 2. The van der Waals surface area contributed by atoms with E-state index in [1.165, 1.54) is 17.8 Å². The summed E-state index contributed by atoms with van der Waals surface area (Å²) in [6, 6.07) is 3.13. The van der Waals surface area contributed by atoms with Crippen LogP contribution in [0.2, 0.25) is 0 Å². The Balaban J connectivity index is 1.98. The highest BCUT2D eigenvalue weighted by Crippen LogP contribution is 2.28. The number of fused-ring (bicyclic) bond motifs is 1. The van der Waals surface area contributed by atoms with E-state index in [0.717, 1.165) is 30.4 Å². The Hall–Kier alpha value is -1.69. The number of halogens is 2. The quantitative estimate of drug-likeness (QED) is 0.741. The number of benzene rings is 1. The molecule has 3 rings (SSSR count). The number of amides is 1. The fourth-order valence-corrected chi connectivity index (χ4v) is 2.95. The lowest BCUT2D eigenvalue weighted by Gasteiger charge is -2.21. The van der Waals surface area contributed by atoms with Crippen LogP contribution in [0.1, 0.15) is 12.0 Å². The number of carbonyl (C=O) groups excluding carboxylic acids is 1. The standard InChI is InChI=1S/C13H10F2N2OS/c14-9-2-3-10(15)8(6-9)7-11-12(18)17-4-1-5-19-13(17)16-11/h2-3,6-7H,1,4-5H2/b11-7-. The smallest absolute Gasteiger partial charge is 0.278 e. The normalized spacial score (nSPS) is 20.7. The maximum absolute atomic E-state index is 13.5. The molecule has 6 heteroatoms. The van der Waals surface area contributed by atoms with Crippen molar-refractivity contribution in [2.45, 2.75) is 6.42 Å². The molecule has 2 aliphatic rings. The van der Waals surface area contributed by atoms with Crippen molar-refractivity contribution in [3.63, 3.8) is 0 Å². The second kappa shape index (κ2) is 4.77. The largest absolute Gasteiger partial charge is 0.286 e. The van der Waals surface area contributed by atoms with Crippen LogP contribution < -0.4 is 0 Å². The first-order chi connectivity index (χ1) is 9.15. The number of aliphatic imine (C=N–C) groups is 1. The van der Waals surface area contributed by atoms with Gasteiger partial charge in [-0.25, -0.2) is 13.8 Å². The lowest BCUT2D eigenvalue weighted by Crippen LogP contribution is -2.34. The molecule has 19 heavy (non-hydrogen) atoms. The van der Waals surface area contributed by atoms with E-state index >= 15 is 0 Å². The zero-order valence-electron chi connectivity index (χ0n) is 9.90. The Labute approximate surface area is 113 Å². The van der Waals surface area contributed by atoms with Crippen LogP contribution in [0.5, 0.6) is 0 Å². The summed E-state index contributed by atoms with van der Waals surface area (Å²) in [6.45, 7) is 0.633. The molecule has 2 aliphatic heterocycles. The predicted octanol–water partition coefficient (Wildman–Crippen LogP) is 2.64. The van der Waals surface area contributed by atoms with Gasteiger partial charge in [0.1, 0.15) is 17.3 Å². The van der Waals surface area contributed by atoms with Gasteiger partial charge in [0.15, 0.2) is 5.17 Å². The van der Waals surface area contributed by atoms with Gasteiger partial charge < -0.3 is 0 Å². The van der Waals surface area contributed by atoms with Crippen LogP contribution in [0.4, 0.5) is 8.78 Å². The number of rotatable bonds is 1. The van der Waals surface area contributed by atoms with Crippen molar-refractivity contribution in [2.24, 2.45) is 4.99 Å². The van der Waals surface area contributed by atoms with Crippen molar-refractivity contribution in [1.82, 2.24) is 4.90 Å². The van der Waals surface area contributed by atoms with E-state index in [9.17, 15) is 13.6 Å². The molecule has 0 radical (unpaired) electrons. The van der Waals surface area contributed by atoms with E-state index in [-0.39, 0.29) is 17.2 Å². The molecular weight excluding hydrogens is 270 g/mol. The van der Waals surface area contributed by atoms with Crippen molar-refractivity contribution in [2.75, 3.05) is 12.3 Å². The Kier molecular flexibility index (Phi) is 3.10. The third kappa shape index (κ3) is 2.28. The maximum atomic E-state index is 13.5. The van der Waals surface area contributed by atoms with E-state index in [2.05, 4.69) is 4.99 Å². The topological polar surface area (TPSA) is 32.7 Å². The maximum Gasteiger partial charge on any atom is 0.278 e. The molecule has 0 atom stereocenters. The van der Waals surface area contributed by atoms with Crippen molar-refractivity contribution >= 4 is 28.9 Å². The molecule has 0 bridgehead atoms. The summed E-state index contributed by atoms with van der Waals surface area (Å²) >= 11 is 1.51. The molecule has 0 unspecified atom stereocenters. The summed E-state index contributed by atoms with van der Waals surface area (Å²) < 4.78 is 26.6. The lowest BCUT2D eigenvalue weighted by atomic mass is 10.1. The summed E-state index contributed by atoms with van der Waals surface area (Å²) in [5, 5.41) is 0.652. The second-order valence-corrected chi connectivity index (χ2v) is 5.31. The van der Waals surface area contributed by atoms with Crippen molar-refractivity contribution < 1.29 is 13.6 Å². The van der Waals surface area contributed by atoms with E-state index in [1.54, 1.807) is 4.90 Å². The summed E-state index contributed by atoms with van der Waals surface area (Å²) in [6.07, 6.45) is 2.21. The second-order valence-electron chi connectivity index (χ2n) is 4.25. The van der Waals surface area contributed by atoms with Gasteiger partial charge in [-0.05, 0) is 30.7 Å². The van der Waals surface area contributed by atoms with Gasteiger partial charge in [0, 0.05) is 17.9 Å². The minimum absolute atomic E-state index is 0.0394. The molecule has 1 saturated heterocycles. The van der Waals surface area contributed by atoms with Crippen LogP contribution in [0.15, 0.2) is 28.9 Å². The Morgan fingerprint density at radius 1 is 1.37 bits per heavy atom. The molecule has 0 spiro atoms. The van der Waals surface area contributed by atoms with Gasteiger partial charge in [-0.1, -0.05) is 11.8 Å². The molecule has 98 valence electrons. The number of amidine groups is 1. The van der Waals surface area contributed by atoms with E-state index in [4.69, 9.17) is 0 Å². The first-order valence-electron chi connectivity index (χ1n) is 5.85. The number of carbonyl (C=O) groups is 1. The van der Waals surface area contributed by atoms with Crippen LogP contribution in [0.3, 0.4) is 0 Å². The third-order valence-electron chi connectivity index (χ3n) is 2.92. The molecule has 0 aliphatic carbocycles. The van der Waals surface area contributed by atoms with Crippen molar-refractivity contribution in [1.29, 1.82) is 0 Å². The number of thioether (sulfide) groups is 1. The zero-order valence-corrected chi connectivity index (χ0v) is 10.7. The van der Waals surface area contributed by atoms with Crippen LogP contribution >= 0.6 is 11.8 Å². The Morgan fingerprint density at radius 2 is 2.21 bits per heavy atom. The summed E-state index contributed by atoms with van der Waals surface area (Å²) in [5.74, 6) is -0.437. The zero-order chi connectivity index (χ0) is 13.4. The van der Waals surface area contributed by atoms with Gasteiger partial charge in [-0.2, -0.15) is 0 Å². The summed E-state index contributed by atoms with van der Waals surface area (Å²) in [5.41, 5.74) is 0.200. The first kappa shape index (κ1) is 12.3. The Bertz CT molecular complexity index is 613. The van der Waals surface area contributed by atoms with Gasteiger partial charge in [-0.15, -0.1) is 0 Å². The average Bonchev–Trinajstić information content (AvgIpc) is 2.72. The lowest BCUT2D eigenvalue weighted by molar-refractivity contribution is -0.122. The molecule has 0 aromatic heterocycles. The number of hydrogen-bond acceptors (Lipinski definition) is 3. The van der Waals surface area contributed by atoms with Crippen molar-refractivity contribution in [3.05, 3.63) is 41.1 Å². The summed E-state index contributed by atoms with van der Waals surface area (Å²) in [4.78, 5) is 17.8. The van der Waals surface area contributed by atoms with Gasteiger partial charge in [0.2, 0.25) is 0 Å². The van der Waals surface area contributed by atoms with Gasteiger partial charge >= 0.3 is 0 Å². The van der Waals surface area contributed by atoms with Crippen LogP contribution in [-0.2, 0) is 4.79 Å². The van der Waals surface area contributed by atoms with Crippen molar-refractivity contribution in [3.8, 4) is 0 Å². The minimum Gasteiger partial charge on any atom is -0.286 e. The fourth-order valence-electron chi connectivity index (χ4n) is 2.00. The average molecular weight is 280 g/mol. The molecule has 1 aromatic carbocycles. The highest BCUT2D eigenvalue weighted by molar-refractivity contribution is 8.13. The molecule has 2 heterocycles. The molecule has 1 amide bonds. The monoisotopic (exact) mass is 280 g/mol. The highest BCUT2D eigenvalue weighted by Gasteiger charge is 2.32.